The van der Waals surface area contributed by atoms with Gasteiger partial charge >= 0.3 is 17.8 Å². The van der Waals surface area contributed by atoms with Crippen molar-refractivity contribution in [1.82, 2.24) is 10.9 Å². The number of carbonyl (C=O) groups excluding carboxylic acids is 3. The van der Waals surface area contributed by atoms with Gasteiger partial charge in [-0.25, -0.2) is 5.43 Å². The molecule has 1 aliphatic carbocycles. The molecule has 0 aromatic heterocycles. The molecule has 7 nitrogen and oxygen atoms in total. The van der Waals surface area contributed by atoms with E-state index in [4.69, 9.17) is 4.74 Å². The minimum atomic E-state index is -0.740. The Bertz CT molecular complexity index is 607. The zero-order valence-corrected chi connectivity index (χ0v) is 14.6. The van der Waals surface area contributed by atoms with Crippen LogP contribution in [0.25, 0.3) is 0 Å². The monoisotopic (exact) mass is 347 g/mol. The molecule has 0 unspecified atom stereocenters. The van der Waals surface area contributed by atoms with E-state index in [-0.39, 0.29) is 5.97 Å². The molecular formula is C18H25N3O4. The average molecular weight is 347 g/mol. The molecule has 0 heterocycles. The summed E-state index contributed by atoms with van der Waals surface area (Å²) in [7, 11) is 2.94. The highest BCUT2D eigenvalue weighted by Gasteiger charge is 2.24. The van der Waals surface area contributed by atoms with Crippen LogP contribution in [0.15, 0.2) is 24.3 Å². The highest BCUT2D eigenvalue weighted by atomic mass is 16.5. The summed E-state index contributed by atoms with van der Waals surface area (Å²) in [5.41, 5.74) is 6.43. The van der Waals surface area contributed by atoms with Gasteiger partial charge in [0, 0.05) is 19.2 Å². The molecule has 1 aromatic carbocycles. The third-order valence-corrected chi connectivity index (χ3v) is 4.61. The number of rotatable bonds is 5. The van der Waals surface area contributed by atoms with Gasteiger partial charge in [-0.3, -0.25) is 19.8 Å². The maximum Gasteiger partial charge on any atom is 0.323 e. The molecule has 0 spiro atoms. The third kappa shape index (κ3) is 5.56. The fourth-order valence-corrected chi connectivity index (χ4v) is 3.22. The lowest BCUT2D eigenvalue weighted by Gasteiger charge is -2.28. The predicted molar refractivity (Wildman–Crippen MR) is 93.6 cm³/mol. The second-order valence-electron chi connectivity index (χ2n) is 6.28. The number of ether oxygens (including phenoxy) is 1. The van der Waals surface area contributed by atoms with Gasteiger partial charge in [0.25, 0.3) is 0 Å². The summed E-state index contributed by atoms with van der Waals surface area (Å²) in [5.74, 6) is -0.717. The van der Waals surface area contributed by atoms with Crippen LogP contribution in [-0.2, 0) is 19.1 Å². The second-order valence-corrected chi connectivity index (χ2v) is 6.28. The maximum atomic E-state index is 11.6. The van der Waals surface area contributed by atoms with Crippen LogP contribution in [0.3, 0.4) is 0 Å². The number of anilines is 1. The number of benzene rings is 1. The molecule has 0 bridgehead atoms. The zero-order valence-electron chi connectivity index (χ0n) is 14.6. The molecule has 0 radical (unpaired) electrons. The number of hydrogen-bond donors (Lipinski definition) is 3. The van der Waals surface area contributed by atoms with E-state index in [0.717, 1.165) is 25.7 Å². The average Bonchev–Trinajstić information content (AvgIpc) is 2.63. The number of hydrazine groups is 1. The quantitative estimate of drug-likeness (QED) is 0.428. The van der Waals surface area contributed by atoms with E-state index in [2.05, 4.69) is 16.2 Å². The number of nitrogens with one attached hydrogen (secondary N) is 3. The summed E-state index contributed by atoms with van der Waals surface area (Å²) in [5, 5.41) is 2.55. The van der Waals surface area contributed by atoms with Gasteiger partial charge in [0.15, 0.2) is 0 Å². The van der Waals surface area contributed by atoms with Gasteiger partial charge in [0.05, 0.1) is 7.11 Å². The Kier molecular flexibility index (Phi) is 6.94. The number of methoxy groups -OCH3 is 1. The molecule has 1 aromatic rings. The van der Waals surface area contributed by atoms with Crippen molar-refractivity contribution in [2.45, 2.75) is 38.0 Å². The number of esters is 1. The minimum absolute atomic E-state index is 0.133. The standard InChI is InChI=1S/C18H25N3O4/c1-19-21-18(24)17(23)20-15-9-7-14(8-10-15)13-5-3-12(4-6-13)11-16(22)25-2/h7-10,12-13,19H,3-6,11H2,1-2H3,(H,20,23)(H,21,24)/t12-,13-. The van der Waals surface area contributed by atoms with Crippen molar-refractivity contribution in [2.75, 3.05) is 19.5 Å². The highest BCUT2D eigenvalue weighted by molar-refractivity contribution is 6.39. The molecule has 2 amide bonds. The van der Waals surface area contributed by atoms with Crippen molar-refractivity contribution in [3.05, 3.63) is 29.8 Å². The van der Waals surface area contributed by atoms with Gasteiger partial charge in [-0.05, 0) is 55.2 Å². The van der Waals surface area contributed by atoms with E-state index in [9.17, 15) is 14.4 Å². The number of hydrogen-bond acceptors (Lipinski definition) is 5. The first-order valence-corrected chi connectivity index (χ1v) is 8.48. The Morgan fingerprint density at radius 2 is 1.68 bits per heavy atom. The molecule has 1 saturated carbocycles. The van der Waals surface area contributed by atoms with Crippen molar-refractivity contribution in [3.8, 4) is 0 Å². The smallest absolute Gasteiger partial charge is 0.323 e. The topological polar surface area (TPSA) is 96.5 Å². The van der Waals surface area contributed by atoms with Crippen LogP contribution < -0.4 is 16.2 Å². The Morgan fingerprint density at radius 3 is 2.24 bits per heavy atom. The van der Waals surface area contributed by atoms with Crippen LogP contribution in [-0.4, -0.2) is 31.9 Å². The molecule has 1 fully saturated rings. The summed E-state index contributed by atoms with van der Waals surface area (Å²) in [6.45, 7) is 0. The van der Waals surface area contributed by atoms with Gasteiger partial charge in [0.2, 0.25) is 0 Å². The fraction of sp³-hybridized carbons (Fsp3) is 0.500. The van der Waals surface area contributed by atoms with Gasteiger partial charge in [-0.2, -0.15) is 0 Å². The summed E-state index contributed by atoms with van der Waals surface area (Å²) < 4.78 is 4.74. The van der Waals surface area contributed by atoms with Gasteiger partial charge in [-0.15, -0.1) is 0 Å². The first-order valence-electron chi connectivity index (χ1n) is 8.48. The van der Waals surface area contributed by atoms with Gasteiger partial charge in [0.1, 0.15) is 0 Å². The molecular weight excluding hydrogens is 322 g/mol. The van der Waals surface area contributed by atoms with Crippen molar-refractivity contribution in [2.24, 2.45) is 5.92 Å². The first kappa shape index (κ1) is 18.9. The zero-order chi connectivity index (χ0) is 18.2. The minimum Gasteiger partial charge on any atom is -0.469 e. The van der Waals surface area contributed by atoms with E-state index in [0.29, 0.717) is 23.9 Å². The highest BCUT2D eigenvalue weighted by Crippen LogP contribution is 2.37. The molecule has 136 valence electrons. The van der Waals surface area contributed by atoms with E-state index in [1.807, 2.05) is 12.1 Å². The lowest BCUT2D eigenvalue weighted by atomic mass is 9.77. The van der Waals surface area contributed by atoms with Crippen LogP contribution in [0.1, 0.15) is 43.6 Å². The first-order chi connectivity index (χ1) is 12.0. The molecule has 25 heavy (non-hydrogen) atoms. The van der Waals surface area contributed by atoms with Crippen molar-refractivity contribution < 1.29 is 19.1 Å². The van der Waals surface area contributed by atoms with Gasteiger partial charge in [-0.1, -0.05) is 12.1 Å². The van der Waals surface area contributed by atoms with Crippen LogP contribution in [0.5, 0.6) is 0 Å². The Hall–Kier alpha value is -2.41. The molecule has 1 aliphatic rings. The molecule has 3 N–H and O–H groups in total. The van der Waals surface area contributed by atoms with Crippen molar-refractivity contribution in [3.63, 3.8) is 0 Å². The summed E-state index contributed by atoms with van der Waals surface area (Å²) in [6.07, 6.45) is 4.61. The lowest BCUT2D eigenvalue weighted by molar-refractivity contribution is -0.142. The number of carbonyl (C=O) groups is 3. The van der Waals surface area contributed by atoms with Crippen LogP contribution in [0.4, 0.5) is 5.69 Å². The van der Waals surface area contributed by atoms with Crippen molar-refractivity contribution >= 4 is 23.5 Å². The fourth-order valence-electron chi connectivity index (χ4n) is 3.22. The van der Waals surface area contributed by atoms with Gasteiger partial charge < -0.3 is 10.1 Å². The Balaban J connectivity index is 1.85. The molecule has 0 aliphatic heterocycles. The lowest BCUT2D eigenvalue weighted by Crippen LogP contribution is -2.41. The van der Waals surface area contributed by atoms with Crippen LogP contribution >= 0.6 is 0 Å². The maximum absolute atomic E-state index is 11.6. The summed E-state index contributed by atoms with van der Waals surface area (Å²) >= 11 is 0. The van der Waals surface area contributed by atoms with E-state index < -0.39 is 11.8 Å². The predicted octanol–water partition coefficient (Wildman–Crippen LogP) is 1.71. The van der Waals surface area contributed by atoms with E-state index >= 15 is 0 Å². The van der Waals surface area contributed by atoms with Crippen LogP contribution in [0.2, 0.25) is 0 Å². The summed E-state index contributed by atoms with van der Waals surface area (Å²) in [6, 6.07) is 7.58. The molecule has 2 rings (SSSR count). The van der Waals surface area contributed by atoms with Crippen molar-refractivity contribution in [1.29, 1.82) is 0 Å². The Labute approximate surface area is 147 Å². The third-order valence-electron chi connectivity index (χ3n) is 4.61. The molecule has 0 saturated heterocycles. The largest absolute Gasteiger partial charge is 0.469 e. The normalized spacial score (nSPS) is 19.8. The molecule has 7 heteroatoms. The number of amides is 2. The van der Waals surface area contributed by atoms with E-state index in [1.54, 1.807) is 12.1 Å². The Morgan fingerprint density at radius 1 is 1.04 bits per heavy atom. The SMILES string of the molecule is CNNC(=O)C(=O)Nc1ccc([C@H]2CC[C@H](CC(=O)OC)CC2)cc1. The molecule has 0 atom stereocenters. The van der Waals surface area contributed by atoms with E-state index in [1.165, 1.54) is 19.7 Å². The van der Waals surface area contributed by atoms with Crippen LogP contribution in [0, 0.1) is 5.92 Å². The second kappa shape index (κ2) is 9.17. The summed E-state index contributed by atoms with van der Waals surface area (Å²) in [4.78, 5) is 34.4.